The average molecular weight is 679 g/mol. The molecule has 4 amide bonds. The van der Waals surface area contributed by atoms with Crippen LogP contribution in [0.5, 0.6) is 0 Å². The predicted octanol–water partition coefficient (Wildman–Crippen LogP) is 3.98. The number of esters is 1. The van der Waals surface area contributed by atoms with Gasteiger partial charge in [-0.15, -0.1) is 0 Å². The van der Waals surface area contributed by atoms with E-state index >= 15 is 0 Å². The number of benzene rings is 4. The highest BCUT2D eigenvalue weighted by atomic mass is 16.5. The van der Waals surface area contributed by atoms with E-state index in [1.807, 2.05) is 103 Å². The summed E-state index contributed by atoms with van der Waals surface area (Å²) in [6, 6.07) is 28.4. The molecule has 0 bridgehead atoms. The van der Waals surface area contributed by atoms with Gasteiger partial charge in [0.05, 0.1) is 7.11 Å². The number of alkyl carbamates (subject to hydrolysis) is 1. The number of ether oxygens (including phenoxy) is 2. The van der Waals surface area contributed by atoms with Gasteiger partial charge >= 0.3 is 12.1 Å². The summed E-state index contributed by atoms with van der Waals surface area (Å²) in [5.74, 6) is -2.61. The van der Waals surface area contributed by atoms with Gasteiger partial charge in [-0.05, 0) is 46.7 Å². The van der Waals surface area contributed by atoms with Crippen molar-refractivity contribution in [2.24, 2.45) is 5.92 Å². The molecule has 0 aliphatic carbocycles. The smallest absolute Gasteiger partial charge is 0.408 e. The SMILES string of the molecule is COC(=O)[C@H](C[C@@H]1CCCNC1=O)NC(=O)[C@H](Cc1ccccc1)NC(=O)[C@H](Cc1cccc2ccccc12)NC(=O)OCc1ccccc1. The molecule has 50 heavy (non-hydrogen) atoms. The maximum Gasteiger partial charge on any atom is 0.408 e. The maximum absolute atomic E-state index is 14.1. The molecular weight excluding hydrogens is 636 g/mol. The van der Waals surface area contributed by atoms with Gasteiger partial charge in [0.2, 0.25) is 17.7 Å². The average Bonchev–Trinajstić information content (AvgIpc) is 3.14. The minimum Gasteiger partial charge on any atom is -0.467 e. The van der Waals surface area contributed by atoms with E-state index in [0.717, 1.165) is 33.9 Å². The molecule has 11 nitrogen and oxygen atoms in total. The highest BCUT2D eigenvalue weighted by Crippen LogP contribution is 2.21. The summed E-state index contributed by atoms with van der Waals surface area (Å²) in [5.41, 5.74) is 2.35. The summed E-state index contributed by atoms with van der Waals surface area (Å²) in [5, 5.41) is 13.0. The monoisotopic (exact) mass is 678 g/mol. The highest BCUT2D eigenvalue weighted by Gasteiger charge is 2.34. The maximum atomic E-state index is 14.1. The van der Waals surface area contributed by atoms with E-state index in [4.69, 9.17) is 9.47 Å². The minimum absolute atomic E-state index is 0.00223. The van der Waals surface area contributed by atoms with Crippen LogP contribution in [0.3, 0.4) is 0 Å². The highest BCUT2D eigenvalue weighted by molar-refractivity contribution is 5.94. The van der Waals surface area contributed by atoms with Crippen LogP contribution in [0.1, 0.15) is 36.0 Å². The van der Waals surface area contributed by atoms with Gasteiger partial charge in [-0.25, -0.2) is 9.59 Å². The summed E-state index contributed by atoms with van der Waals surface area (Å²) in [7, 11) is 1.21. The summed E-state index contributed by atoms with van der Waals surface area (Å²) in [4.78, 5) is 66.5. The molecule has 4 aromatic rings. The Hall–Kier alpha value is -5.71. The molecule has 1 saturated heterocycles. The lowest BCUT2D eigenvalue weighted by Crippen LogP contribution is -2.57. The second kappa shape index (κ2) is 17.6. The number of hydrogen-bond donors (Lipinski definition) is 4. The van der Waals surface area contributed by atoms with Gasteiger partial charge < -0.3 is 30.7 Å². The number of rotatable bonds is 14. The first-order chi connectivity index (χ1) is 24.3. The van der Waals surface area contributed by atoms with Crippen molar-refractivity contribution in [1.82, 2.24) is 21.3 Å². The summed E-state index contributed by atoms with van der Waals surface area (Å²) in [6.45, 7) is 0.561. The van der Waals surface area contributed by atoms with Crippen molar-refractivity contribution < 1.29 is 33.4 Å². The van der Waals surface area contributed by atoms with E-state index in [0.29, 0.717) is 13.0 Å². The van der Waals surface area contributed by atoms with Crippen molar-refractivity contribution in [1.29, 1.82) is 0 Å². The van der Waals surface area contributed by atoms with E-state index in [1.165, 1.54) is 7.11 Å². The molecule has 1 aliphatic heterocycles. The van der Waals surface area contributed by atoms with Gasteiger partial charge in [0.15, 0.2) is 0 Å². The molecule has 1 fully saturated rings. The Labute approximate surface area is 291 Å². The van der Waals surface area contributed by atoms with Crippen LogP contribution in [0.2, 0.25) is 0 Å². The lowest BCUT2D eigenvalue weighted by atomic mass is 9.91. The number of hydrogen-bond acceptors (Lipinski definition) is 7. The fraction of sp³-hybridized carbons (Fsp3) is 0.308. The Morgan fingerprint density at radius 2 is 1.36 bits per heavy atom. The van der Waals surface area contributed by atoms with Crippen LogP contribution in [-0.2, 0) is 48.1 Å². The second-order valence-electron chi connectivity index (χ2n) is 12.3. The zero-order chi connectivity index (χ0) is 35.3. The molecule has 4 aromatic carbocycles. The largest absolute Gasteiger partial charge is 0.467 e. The number of amides is 4. The van der Waals surface area contributed by atoms with Crippen LogP contribution >= 0.6 is 0 Å². The van der Waals surface area contributed by atoms with Gasteiger partial charge in [0.1, 0.15) is 24.7 Å². The molecule has 11 heteroatoms. The fourth-order valence-electron chi connectivity index (χ4n) is 6.11. The van der Waals surface area contributed by atoms with E-state index in [-0.39, 0.29) is 31.8 Å². The minimum atomic E-state index is -1.14. The van der Waals surface area contributed by atoms with Crippen molar-refractivity contribution in [3.05, 3.63) is 120 Å². The van der Waals surface area contributed by atoms with Gasteiger partial charge in [0.25, 0.3) is 0 Å². The number of carbonyl (C=O) groups is 5. The topological polar surface area (TPSA) is 152 Å². The van der Waals surface area contributed by atoms with E-state index < -0.39 is 47.9 Å². The predicted molar refractivity (Wildman–Crippen MR) is 188 cm³/mol. The standard InChI is InChI=1S/C39H42N4O7/c1-49-38(47)34(24-30-19-11-21-40-35(30)44)42-36(45)32(22-26-12-4-2-5-13-26)41-37(46)33(43-39(48)50-25-27-14-6-3-7-15-27)23-29-18-10-17-28-16-8-9-20-31(28)29/h2-10,12-18,20,30,32-34H,11,19,21-25H2,1H3,(H,40,44)(H,41,46)(H,42,45)(H,43,48)/t30-,32-,33-,34-/m0/s1. The third kappa shape index (κ3) is 9.91. The molecular formula is C39H42N4O7. The Morgan fingerprint density at radius 1 is 0.740 bits per heavy atom. The molecule has 5 rings (SSSR count). The first-order valence-corrected chi connectivity index (χ1v) is 16.7. The number of piperidine rings is 1. The van der Waals surface area contributed by atoms with Crippen molar-refractivity contribution in [2.75, 3.05) is 13.7 Å². The quantitative estimate of drug-likeness (QED) is 0.147. The molecule has 4 atom stereocenters. The molecule has 1 aliphatic rings. The summed E-state index contributed by atoms with van der Waals surface area (Å²) >= 11 is 0. The molecule has 4 N–H and O–H groups in total. The van der Waals surface area contributed by atoms with Gasteiger partial charge in [-0.3, -0.25) is 14.4 Å². The van der Waals surface area contributed by atoms with Gasteiger partial charge in [-0.2, -0.15) is 0 Å². The third-order valence-corrected chi connectivity index (χ3v) is 8.76. The van der Waals surface area contributed by atoms with Gasteiger partial charge in [-0.1, -0.05) is 103 Å². The first kappa shape index (κ1) is 35.6. The normalized spacial score (nSPS) is 15.9. The van der Waals surface area contributed by atoms with Crippen LogP contribution in [0, 0.1) is 5.92 Å². The van der Waals surface area contributed by atoms with Crippen molar-refractivity contribution in [3.63, 3.8) is 0 Å². The lowest BCUT2D eigenvalue weighted by molar-refractivity contribution is -0.146. The Morgan fingerprint density at radius 3 is 2.06 bits per heavy atom. The molecule has 0 spiro atoms. The van der Waals surface area contributed by atoms with Crippen LogP contribution in [-0.4, -0.2) is 61.6 Å². The van der Waals surface area contributed by atoms with E-state index in [9.17, 15) is 24.0 Å². The molecule has 0 radical (unpaired) electrons. The number of carbonyl (C=O) groups excluding carboxylic acids is 5. The van der Waals surface area contributed by atoms with Crippen LogP contribution in [0.15, 0.2) is 103 Å². The van der Waals surface area contributed by atoms with Crippen molar-refractivity contribution in [3.8, 4) is 0 Å². The summed E-state index contributed by atoms with van der Waals surface area (Å²) in [6.07, 6.45) is 0.777. The Balaban J connectivity index is 1.38. The van der Waals surface area contributed by atoms with Crippen LogP contribution in [0.25, 0.3) is 10.8 Å². The number of methoxy groups -OCH3 is 1. The van der Waals surface area contributed by atoms with Crippen molar-refractivity contribution >= 4 is 40.6 Å². The molecule has 0 aromatic heterocycles. The zero-order valence-electron chi connectivity index (χ0n) is 27.9. The molecule has 0 unspecified atom stereocenters. The third-order valence-electron chi connectivity index (χ3n) is 8.76. The number of nitrogens with one attached hydrogen (secondary N) is 4. The Bertz CT molecular complexity index is 1780. The number of fused-ring (bicyclic) bond motifs is 1. The Kier molecular flexibility index (Phi) is 12.5. The molecule has 260 valence electrons. The van der Waals surface area contributed by atoms with E-state index in [2.05, 4.69) is 21.3 Å². The molecule has 0 saturated carbocycles. The lowest BCUT2D eigenvalue weighted by Gasteiger charge is -2.28. The van der Waals surface area contributed by atoms with Crippen LogP contribution < -0.4 is 21.3 Å². The summed E-state index contributed by atoms with van der Waals surface area (Å²) < 4.78 is 10.4. The first-order valence-electron chi connectivity index (χ1n) is 16.7. The van der Waals surface area contributed by atoms with Crippen molar-refractivity contribution in [2.45, 2.75) is 56.8 Å². The van der Waals surface area contributed by atoms with Crippen LogP contribution in [0.4, 0.5) is 4.79 Å². The zero-order valence-corrected chi connectivity index (χ0v) is 27.9. The van der Waals surface area contributed by atoms with E-state index in [1.54, 1.807) is 0 Å². The van der Waals surface area contributed by atoms with Gasteiger partial charge in [0, 0.05) is 25.3 Å². The second-order valence-corrected chi connectivity index (χ2v) is 12.3. The molecule has 1 heterocycles. The fourth-order valence-corrected chi connectivity index (χ4v) is 6.11.